The van der Waals surface area contributed by atoms with Crippen molar-refractivity contribution in [3.63, 3.8) is 0 Å². The molecule has 2 aliphatic rings. The Morgan fingerprint density at radius 1 is 1.25 bits per heavy atom. The first-order valence-electron chi connectivity index (χ1n) is 5.00. The van der Waals surface area contributed by atoms with Gasteiger partial charge in [0.25, 0.3) is 0 Å². The number of fused-ring (bicyclic) bond motifs is 1. The zero-order valence-corrected chi connectivity index (χ0v) is 8.26. The highest BCUT2D eigenvalue weighted by Crippen LogP contribution is 2.51. The second kappa shape index (κ2) is 2.71. The second-order valence-electron chi connectivity index (χ2n) is 5.18. The average Bonchev–Trinajstić information content (AvgIpc) is 2.60. The van der Waals surface area contributed by atoms with Crippen molar-refractivity contribution < 1.29 is 4.84 Å². The van der Waals surface area contributed by atoms with Crippen molar-refractivity contribution in [2.75, 3.05) is 0 Å². The molecule has 0 aromatic heterocycles. The summed E-state index contributed by atoms with van der Waals surface area (Å²) in [7, 11) is 0. The van der Waals surface area contributed by atoms with Gasteiger partial charge >= 0.3 is 0 Å². The van der Waals surface area contributed by atoms with E-state index in [1.54, 1.807) is 0 Å². The maximum atomic E-state index is 5.56. The summed E-state index contributed by atoms with van der Waals surface area (Å²) in [5.41, 5.74) is 3.16. The molecule has 2 nitrogen and oxygen atoms in total. The summed E-state index contributed by atoms with van der Waals surface area (Å²) < 4.78 is 0. The molecule has 12 heavy (non-hydrogen) atoms. The third kappa shape index (κ3) is 1.80. The van der Waals surface area contributed by atoms with Gasteiger partial charge in [0.05, 0.1) is 5.60 Å². The molecule has 2 heteroatoms. The van der Waals surface area contributed by atoms with E-state index in [-0.39, 0.29) is 5.60 Å². The van der Waals surface area contributed by atoms with Gasteiger partial charge < -0.3 is 0 Å². The van der Waals surface area contributed by atoms with E-state index >= 15 is 0 Å². The van der Waals surface area contributed by atoms with Crippen molar-refractivity contribution in [3.05, 3.63) is 0 Å². The molecule has 3 atom stereocenters. The van der Waals surface area contributed by atoms with Gasteiger partial charge in [0, 0.05) is 6.04 Å². The van der Waals surface area contributed by atoms with Crippen LogP contribution in [0.4, 0.5) is 0 Å². The molecule has 1 N–H and O–H groups in total. The van der Waals surface area contributed by atoms with Crippen LogP contribution in [-0.4, -0.2) is 11.6 Å². The number of nitrogens with one attached hydrogen (secondary N) is 1. The maximum absolute atomic E-state index is 5.56. The van der Waals surface area contributed by atoms with Gasteiger partial charge in [0.2, 0.25) is 0 Å². The molecule has 3 unspecified atom stereocenters. The minimum Gasteiger partial charge on any atom is -0.296 e. The van der Waals surface area contributed by atoms with Gasteiger partial charge in [0.15, 0.2) is 0 Å². The Kier molecular flexibility index (Phi) is 1.92. The molecule has 0 spiro atoms. The first-order chi connectivity index (χ1) is 5.56. The van der Waals surface area contributed by atoms with Crippen LogP contribution in [0.15, 0.2) is 0 Å². The maximum Gasteiger partial charge on any atom is 0.0813 e. The molecule has 2 fully saturated rings. The zero-order chi connectivity index (χ0) is 8.77. The van der Waals surface area contributed by atoms with E-state index in [9.17, 15) is 0 Å². The first-order valence-corrected chi connectivity index (χ1v) is 5.00. The Morgan fingerprint density at radius 3 is 2.42 bits per heavy atom. The van der Waals surface area contributed by atoms with E-state index in [1.807, 2.05) is 0 Å². The largest absolute Gasteiger partial charge is 0.296 e. The standard InChI is InChI=1S/C10H19NO/c1-10(2,3)12-11-9-5-4-7-6-8(7)9/h7-9,11H,4-6H2,1-3H3. The minimum absolute atomic E-state index is 0.0486. The fourth-order valence-electron chi connectivity index (χ4n) is 2.10. The smallest absolute Gasteiger partial charge is 0.0813 e. The molecule has 0 aliphatic heterocycles. The van der Waals surface area contributed by atoms with Crippen molar-refractivity contribution in [2.24, 2.45) is 11.8 Å². The van der Waals surface area contributed by atoms with Gasteiger partial charge in [-0.2, -0.15) is 5.48 Å². The van der Waals surface area contributed by atoms with Crippen LogP contribution in [0.5, 0.6) is 0 Å². The Labute approximate surface area is 74.6 Å². The van der Waals surface area contributed by atoms with Crippen LogP contribution in [0.3, 0.4) is 0 Å². The molecule has 0 amide bonds. The molecular weight excluding hydrogens is 150 g/mol. The number of hydroxylamine groups is 1. The monoisotopic (exact) mass is 169 g/mol. The van der Waals surface area contributed by atoms with Gasteiger partial charge in [0.1, 0.15) is 0 Å². The van der Waals surface area contributed by atoms with Crippen LogP contribution in [0, 0.1) is 11.8 Å². The molecule has 0 heterocycles. The SMILES string of the molecule is CC(C)(C)ONC1CCC2CC21. The van der Waals surface area contributed by atoms with Crippen LogP contribution in [-0.2, 0) is 4.84 Å². The number of hydrogen-bond acceptors (Lipinski definition) is 2. The highest BCUT2D eigenvalue weighted by molar-refractivity contribution is 5.00. The van der Waals surface area contributed by atoms with Gasteiger partial charge in [-0.3, -0.25) is 4.84 Å². The Balaban J connectivity index is 1.73. The topological polar surface area (TPSA) is 21.3 Å². The third-order valence-corrected chi connectivity index (χ3v) is 2.86. The highest BCUT2D eigenvalue weighted by atomic mass is 16.7. The molecular formula is C10H19NO. The summed E-state index contributed by atoms with van der Waals surface area (Å²) in [6.45, 7) is 6.25. The van der Waals surface area contributed by atoms with Gasteiger partial charge in [-0.05, 0) is 51.9 Å². The molecule has 2 aliphatic carbocycles. The van der Waals surface area contributed by atoms with Crippen LogP contribution in [0.1, 0.15) is 40.0 Å². The van der Waals surface area contributed by atoms with E-state index in [4.69, 9.17) is 4.84 Å². The fourth-order valence-corrected chi connectivity index (χ4v) is 2.10. The normalized spacial score (nSPS) is 39.8. The molecule has 0 aromatic carbocycles. The van der Waals surface area contributed by atoms with Crippen LogP contribution >= 0.6 is 0 Å². The summed E-state index contributed by atoms with van der Waals surface area (Å²) in [6, 6.07) is 0.647. The lowest BCUT2D eigenvalue weighted by molar-refractivity contribution is -0.0902. The molecule has 2 rings (SSSR count). The quantitative estimate of drug-likeness (QED) is 0.639. The van der Waals surface area contributed by atoms with E-state index in [2.05, 4.69) is 26.3 Å². The van der Waals surface area contributed by atoms with E-state index in [0.717, 1.165) is 11.8 Å². The summed E-state index contributed by atoms with van der Waals surface area (Å²) in [6.07, 6.45) is 4.16. The van der Waals surface area contributed by atoms with E-state index < -0.39 is 0 Å². The average molecular weight is 169 g/mol. The lowest BCUT2D eigenvalue weighted by Gasteiger charge is -2.23. The van der Waals surface area contributed by atoms with Crippen LogP contribution < -0.4 is 5.48 Å². The van der Waals surface area contributed by atoms with Gasteiger partial charge in [-0.15, -0.1) is 0 Å². The predicted octanol–water partition coefficient (Wildman–Crippen LogP) is 2.10. The molecule has 2 saturated carbocycles. The van der Waals surface area contributed by atoms with Gasteiger partial charge in [-0.1, -0.05) is 0 Å². The lowest BCUT2D eigenvalue weighted by atomic mass is 10.2. The van der Waals surface area contributed by atoms with Crippen molar-refractivity contribution in [1.82, 2.24) is 5.48 Å². The van der Waals surface area contributed by atoms with Crippen molar-refractivity contribution in [3.8, 4) is 0 Å². The fraction of sp³-hybridized carbons (Fsp3) is 1.00. The summed E-state index contributed by atoms with van der Waals surface area (Å²) >= 11 is 0. The summed E-state index contributed by atoms with van der Waals surface area (Å²) in [4.78, 5) is 5.56. The van der Waals surface area contributed by atoms with Crippen LogP contribution in [0.25, 0.3) is 0 Å². The van der Waals surface area contributed by atoms with E-state index in [0.29, 0.717) is 6.04 Å². The Morgan fingerprint density at radius 2 is 2.00 bits per heavy atom. The minimum atomic E-state index is -0.0486. The van der Waals surface area contributed by atoms with Crippen molar-refractivity contribution in [2.45, 2.75) is 51.7 Å². The van der Waals surface area contributed by atoms with Gasteiger partial charge in [-0.25, -0.2) is 0 Å². The summed E-state index contributed by atoms with van der Waals surface area (Å²) in [5.74, 6) is 1.97. The van der Waals surface area contributed by atoms with Crippen LogP contribution in [0.2, 0.25) is 0 Å². The lowest BCUT2D eigenvalue weighted by Crippen LogP contribution is -2.36. The number of hydrogen-bond donors (Lipinski definition) is 1. The van der Waals surface area contributed by atoms with Crippen molar-refractivity contribution >= 4 is 0 Å². The molecule has 0 bridgehead atoms. The molecule has 70 valence electrons. The Hall–Kier alpha value is -0.0800. The number of rotatable bonds is 2. The predicted molar refractivity (Wildman–Crippen MR) is 48.6 cm³/mol. The summed E-state index contributed by atoms with van der Waals surface area (Å²) in [5, 5.41) is 0. The molecule has 0 radical (unpaired) electrons. The Bertz CT molecular complexity index is 173. The van der Waals surface area contributed by atoms with Crippen molar-refractivity contribution in [1.29, 1.82) is 0 Å². The first kappa shape index (κ1) is 8.52. The third-order valence-electron chi connectivity index (χ3n) is 2.86. The zero-order valence-electron chi connectivity index (χ0n) is 8.26. The van der Waals surface area contributed by atoms with E-state index in [1.165, 1.54) is 19.3 Å². The highest BCUT2D eigenvalue weighted by Gasteiger charge is 2.48. The molecule has 0 aromatic rings. The second-order valence-corrected chi connectivity index (χ2v) is 5.18. The molecule has 0 saturated heterocycles.